The number of hydrogen-bond acceptors (Lipinski definition) is 3. The highest BCUT2D eigenvalue weighted by atomic mass is 32.2. The Hall–Kier alpha value is -1.40. The van der Waals surface area contributed by atoms with E-state index in [4.69, 9.17) is 0 Å². The van der Waals surface area contributed by atoms with Gasteiger partial charge in [0.1, 0.15) is 0 Å². The molecule has 1 aromatic rings. The van der Waals surface area contributed by atoms with Crippen molar-refractivity contribution in [1.29, 1.82) is 0 Å². The Morgan fingerprint density at radius 1 is 1.18 bits per heavy atom. The fourth-order valence-electron chi connectivity index (χ4n) is 2.86. The number of carbonyl (C=O) groups excluding carboxylic acids is 1. The van der Waals surface area contributed by atoms with E-state index in [0.29, 0.717) is 32.5 Å². The van der Waals surface area contributed by atoms with Crippen molar-refractivity contribution in [2.24, 2.45) is 5.92 Å². The van der Waals surface area contributed by atoms with Crippen LogP contribution in [0, 0.1) is 5.92 Å². The maximum atomic E-state index is 12.7. The standard InChI is InChI=1S/C16H24N2O3S/c1-3-18(15-8-6-5-7-9-15)16(19)14-10-12-17(13-11-14)22(20,21)4-2/h5-9,14H,3-4,10-13H2,1-2H3. The number of sulfonamides is 1. The molecule has 0 saturated carbocycles. The molecule has 1 saturated heterocycles. The van der Waals surface area contributed by atoms with Gasteiger partial charge in [0.15, 0.2) is 0 Å². The first-order valence-electron chi connectivity index (χ1n) is 7.83. The van der Waals surface area contributed by atoms with Gasteiger partial charge < -0.3 is 4.90 Å². The number of nitrogens with zero attached hydrogens (tertiary/aromatic N) is 2. The van der Waals surface area contributed by atoms with Crippen molar-refractivity contribution in [1.82, 2.24) is 4.31 Å². The second kappa shape index (κ2) is 7.24. The number of benzene rings is 1. The zero-order valence-corrected chi connectivity index (χ0v) is 14.1. The quantitative estimate of drug-likeness (QED) is 0.833. The summed E-state index contributed by atoms with van der Waals surface area (Å²) in [7, 11) is -3.14. The third-order valence-electron chi connectivity index (χ3n) is 4.21. The summed E-state index contributed by atoms with van der Waals surface area (Å²) in [4.78, 5) is 14.5. The van der Waals surface area contributed by atoms with Crippen molar-refractivity contribution in [3.8, 4) is 0 Å². The van der Waals surface area contributed by atoms with Gasteiger partial charge in [-0.2, -0.15) is 0 Å². The van der Waals surface area contributed by atoms with Crippen LogP contribution >= 0.6 is 0 Å². The highest BCUT2D eigenvalue weighted by molar-refractivity contribution is 7.89. The maximum absolute atomic E-state index is 12.7. The molecule has 22 heavy (non-hydrogen) atoms. The van der Waals surface area contributed by atoms with E-state index in [0.717, 1.165) is 5.69 Å². The summed E-state index contributed by atoms with van der Waals surface area (Å²) in [6, 6.07) is 9.62. The van der Waals surface area contributed by atoms with Gasteiger partial charge in [0.2, 0.25) is 15.9 Å². The number of carbonyl (C=O) groups is 1. The van der Waals surface area contributed by atoms with Crippen LogP contribution in [0.5, 0.6) is 0 Å². The number of hydrogen-bond donors (Lipinski definition) is 0. The van der Waals surface area contributed by atoms with E-state index in [2.05, 4.69) is 0 Å². The van der Waals surface area contributed by atoms with Crippen molar-refractivity contribution in [2.75, 3.05) is 30.3 Å². The Morgan fingerprint density at radius 2 is 1.77 bits per heavy atom. The predicted molar refractivity (Wildman–Crippen MR) is 88.2 cm³/mol. The summed E-state index contributed by atoms with van der Waals surface area (Å²) in [5.74, 6) is 0.127. The van der Waals surface area contributed by atoms with Gasteiger partial charge in [-0.1, -0.05) is 18.2 Å². The Morgan fingerprint density at radius 3 is 2.27 bits per heavy atom. The van der Waals surface area contributed by atoms with E-state index >= 15 is 0 Å². The lowest BCUT2D eigenvalue weighted by Crippen LogP contribution is -2.44. The van der Waals surface area contributed by atoms with E-state index in [1.165, 1.54) is 4.31 Å². The Labute approximate surface area is 133 Å². The van der Waals surface area contributed by atoms with Crippen molar-refractivity contribution in [3.63, 3.8) is 0 Å². The normalized spacial score (nSPS) is 17.4. The Balaban J connectivity index is 2.03. The van der Waals surface area contributed by atoms with Crippen LogP contribution in [0.25, 0.3) is 0 Å². The molecule has 1 amide bonds. The molecule has 0 N–H and O–H groups in total. The molecule has 0 radical (unpaired) electrons. The fraction of sp³-hybridized carbons (Fsp3) is 0.562. The summed E-state index contributed by atoms with van der Waals surface area (Å²) in [5, 5.41) is 0. The molecule has 5 nitrogen and oxygen atoms in total. The number of amides is 1. The topological polar surface area (TPSA) is 57.7 Å². The van der Waals surface area contributed by atoms with Crippen molar-refractivity contribution >= 4 is 21.6 Å². The zero-order valence-electron chi connectivity index (χ0n) is 13.2. The van der Waals surface area contributed by atoms with Crippen molar-refractivity contribution in [2.45, 2.75) is 26.7 Å². The second-order valence-corrected chi connectivity index (χ2v) is 7.75. The molecule has 1 aliphatic rings. The van der Waals surface area contributed by atoms with Gasteiger partial charge in [0.25, 0.3) is 0 Å². The molecule has 1 fully saturated rings. The lowest BCUT2D eigenvalue weighted by molar-refractivity contribution is -0.123. The minimum absolute atomic E-state index is 0.0940. The van der Waals surface area contributed by atoms with Gasteiger partial charge in [0, 0.05) is 31.2 Å². The number of para-hydroxylation sites is 1. The first-order chi connectivity index (χ1) is 10.5. The van der Waals surface area contributed by atoms with E-state index in [-0.39, 0.29) is 17.6 Å². The molecule has 0 unspecified atom stereocenters. The van der Waals surface area contributed by atoms with E-state index in [1.54, 1.807) is 11.8 Å². The molecular weight excluding hydrogens is 300 g/mol. The summed E-state index contributed by atoms with van der Waals surface area (Å²) >= 11 is 0. The van der Waals surface area contributed by atoms with Gasteiger partial charge in [-0.05, 0) is 38.8 Å². The third kappa shape index (κ3) is 3.67. The lowest BCUT2D eigenvalue weighted by Gasteiger charge is -2.33. The highest BCUT2D eigenvalue weighted by Crippen LogP contribution is 2.24. The number of anilines is 1. The van der Waals surface area contributed by atoms with Crippen molar-refractivity contribution < 1.29 is 13.2 Å². The summed E-state index contributed by atoms with van der Waals surface area (Å²) in [5.41, 5.74) is 0.901. The molecule has 1 heterocycles. The van der Waals surface area contributed by atoms with Crippen molar-refractivity contribution in [3.05, 3.63) is 30.3 Å². The fourth-order valence-corrected chi connectivity index (χ4v) is 3.99. The van der Waals surface area contributed by atoms with Crippen LogP contribution < -0.4 is 4.90 Å². The first-order valence-corrected chi connectivity index (χ1v) is 9.44. The SMILES string of the molecule is CCN(C(=O)C1CCN(S(=O)(=O)CC)CC1)c1ccccc1. The molecule has 1 aromatic carbocycles. The molecule has 122 valence electrons. The van der Waals surface area contributed by atoms with Crippen LogP contribution in [-0.4, -0.2) is 44.0 Å². The number of rotatable bonds is 5. The zero-order chi connectivity index (χ0) is 16.2. The van der Waals surface area contributed by atoms with E-state index in [9.17, 15) is 13.2 Å². The smallest absolute Gasteiger partial charge is 0.230 e. The van der Waals surface area contributed by atoms with Crippen LogP contribution in [0.1, 0.15) is 26.7 Å². The van der Waals surface area contributed by atoms with E-state index in [1.807, 2.05) is 37.3 Å². The molecule has 2 rings (SSSR count). The molecule has 1 aliphatic heterocycles. The Kier molecular flexibility index (Phi) is 5.58. The van der Waals surface area contributed by atoms with Gasteiger partial charge in [-0.15, -0.1) is 0 Å². The Bertz CT molecular complexity index is 593. The molecule has 0 atom stereocenters. The third-order valence-corrected chi connectivity index (χ3v) is 6.09. The average molecular weight is 324 g/mol. The molecule has 0 bridgehead atoms. The van der Waals surface area contributed by atoms with Gasteiger partial charge in [-0.3, -0.25) is 4.79 Å². The molecule has 0 spiro atoms. The highest BCUT2D eigenvalue weighted by Gasteiger charge is 2.32. The first kappa shape index (κ1) is 17.0. The van der Waals surface area contributed by atoms with E-state index < -0.39 is 10.0 Å². The minimum atomic E-state index is -3.14. The van der Waals surface area contributed by atoms with Crippen LogP contribution in [0.15, 0.2) is 30.3 Å². The van der Waals surface area contributed by atoms with Crippen LogP contribution in [0.4, 0.5) is 5.69 Å². The van der Waals surface area contributed by atoms with Gasteiger partial charge in [-0.25, -0.2) is 12.7 Å². The largest absolute Gasteiger partial charge is 0.312 e. The number of piperidine rings is 1. The predicted octanol–water partition coefficient (Wildman–Crippen LogP) is 2.10. The molecular formula is C16H24N2O3S. The van der Waals surface area contributed by atoms with Crippen LogP contribution in [0.3, 0.4) is 0 Å². The summed E-state index contributed by atoms with van der Waals surface area (Å²) < 4.78 is 25.3. The summed E-state index contributed by atoms with van der Waals surface area (Å²) in [6.07, 6.45) is 1.20. The van der Waals surface area contributed by atoms with Crippen LogP contribution in [-0.2, 0) is 14.8 Å². The molecule has 0 aliphatic carbocycles. The van der Waals surface area contributed by atoms with Gasteiger partial charge >= 0.3 is 0 Å². The minimum Gasteiger partial charge on any atom is -0.312 e. The molecule has 6 heteroatoms. The maximum Gasteiger partial charge on any atom is 0.230 e. The second-order valence-electron chi connectivity index (χ2n) is 5.49. The lowest BCUT2D eigenvalue weighted by atomic mass is 9.96. The summed E-state index contributed by atoms with van der Waals surface area (Å²) in [6.45, 7) is 5.12. The van der Waals surface area contributed by atoms with Crippen LogP contribution in [0.2, 0.25) is 0 Å². The average Bonchev–Trinajstić information content (AvgIpc) is 2.56. The molecule has 0 aromatic heterocycles. The monoisotopic (exact) mass is 324 g/mol. The van der Waals surface area contributed by atoms with Gasteiger partial charge in [0.05, 0.1) is 5.75 Å².